The fourth-order valence-corrected chi connectivity index (χ4v) is 4.82. The van der Waals surface area contributed by atoms with E-state index in [-0.39, 0.29) is 6.10 Å². The Kier molecular flexibility index (Phi) is 5.19. The first-order valence-electron chi connectivity index (χ1n) is 10.3. The predicted molar refractivity (Wildman–Crippen MR) is 118 cm³/mol. The van der Waals surface area contributed by atoms with Gasteiger partial charge in [-0.1, -0.05) is 48.0 Å². The highest BCUT2D eigenvalue weighted by Gasteiger charge is 2.26. The molecule has 1 fully saturated rings. The molecule has 1 aromatic heterocycles. The summed E-state index contributed by atoms with van der Waals surface area (Å²) in [4.78, 5) is 11.4. The lowest BCUT2D eigenvalue weighted by Gasteiger charge is -2.35. The molecule has 0 unspecified atom stereocenters. The van der Waals surface area contributed by atoms with Crippen molar-refractivity contribution in [2.45, 2.75) is 31.9 Å². The Hall–Kier alpha value is -2.47. The van der Waals surface area contributed by atoms with Crippen molar-refractivity contribution in [3.05, 3.63) is 64.4 Å². The van der Waals surface area contributed by atoms with Crippen molar-refractivity contribution < 1.29 is 9.84 Å². The summed E-state index contributed by atoms with van der Waals surface area (Å²) in [6.45, 7) is 1.92. The Labute approximate surface area is 181 Å². The van der Waals surface area contributed by atoms with Gasteiger partial charge in [0.25, 0.3) is 0 Å². The maximum Gasteiger partial charge on any atom is 0.237 e. The second-order valence-electron chi connectivity index (χ2n) is 8.02. The van der Waals surface area contributed by atoms with Gasteiger partial charge in [0, 0.05) is 30.8 Å². The number of benzene rings is 2. The highest BCUT2D eigenvalue weighted by atomic mass is 35.5. The number of methoxy groups -OCH3 is 1. The number of hydrogen-bond donors (Lipinski definition) is 1. The van der Waals surface area contributed by atoms with Gasteiger partial charge in [-0.05, 0) is 36.0 Å². The van der Waals surface area contributed by atoms with Crippen LogP contribution in [0.4, 0.5) is 0 Å². The molecule has 6 heteroatoms. The van der Waals surface area contributed by atoms with E-state index in [1.165, 1.54) is 23.1 Å². The molecule has 2 heterocycles. The van der Waals surface area contributed by atoms with Gasteiger partial charge < -0.3 is 9.84 Å². The van der Waals surface area contributed by atoms with Crippen LogP contribution in [0.1, 0.15) is 23.2 Å². The van der Waals surface area contributed by atoms with E-state index < -0.39 is 0 Å². The summed E-state index contributed by atoms with van der Waals surface area (Å²) in [6, 6.07) is 12.6. The van der Waals surface area contributed by atoms with Crippen LogP contribution in [-0.2, 0) is 19.4 Å². The Morgan fingerprint density at radius 3 is 2.67 bits per heavy atom. The lowest BCUT2D eigenvalue weighted by molar-refractivity contribution is -0.00402. The summed E-state index contributed by atoms with van der Waals surface area (Å²) in [5, 5.41) is 10.2. The van der Waals surface area contributed by atoms with E-state index in [0.717, 1.165) is 29.7 Å². The van der Waals surface area contributed by atoms with Crippen molar-refractivity contribution >= 4 is 11.6 Å². The second-order valence-corrected chi connectivity index (χ2v) is 8.40. The summed E-state index contributed by atoms with van der Waals surface area (Å²) in [7, 11) is 1.60. The van der Waals surface area contributed by atoms with Crippen LogP contribution in [-0.4, -0.2) is 46.3 Å². The van der Waals surface area contributed by atoms with Crippen LogP contribution in [0.3, 0.4) is 0 Å². The first-order chi connectivity index (χ1) is 14.6. The molecule has 5 nitrogen and oxygen atoms in total. The normalized spacial score (nSPS) is 16.4. The van der Waals surface area contributed by atoms with Crippen LogP contribution in [0.25, 0.3) is 22.4 Å². The summed E-state index contributed by atoms with van der Waals surface area (Å²) in [5.74, 6) is 0.496. The van der Waals surface area contributed by atoms with Crippen LogP contribution >= 0.6 is 11.6 Å². The smallest absolute Gasteiger partial charge is 0.237 e. The lowest BCUT2D eigenvalue weighted by atomic mass is 9.95. The van der Waals surface area contributed by atoms with Gasteiger partial charge in [-0.15, -0.1) is 0 Å². The number of aromatic nitrogens is 2. The molecule has 30 heavy (non-hydrogen) atoms. The molecule has 0 saturated carbocycles. The Morgan fingerprint density at radius 2 is 1.87 bits per heavy atom. The number of aliphatic hydroxyl groups excluding tert-OH is 1. The molecule has 0 spiro atoms. The molecule has 0 radical (unpaired) electrons. The van der Waals surface area contributed by atoms with Crippen molar-refractivity contribution in [3.63, 3.8) is 0 Å². The number of hydrogen-bond acceptors (Lipinski definition) is 5. The third-order valence-electron chi connectivity index (χ3n) is 6.03. The average Bonchev–Trinajstić information content (AvgIpc) is 3.22. The molecule has 1 N–H and O–H groups in total. The molecule has 5 rings (SSSR count). The van der Waals surface area contributed by atoms with Crippen LogP contribution in [0.2, 0.25) is 5.02 Å². The number of ether oxygens (including phenoxy) is 1. The Balaban J connectivity index is 1.51. The zero-order valence-corrected chi connectivity index (χ0v) is 17.7. The predicted octanol–water partition coefficient (Wildman–Crippen LogP) is 4.14. The van der Waals surface area contributed by atoms with Crippen LogP contribution in [0.15, 0.2) is 42.6 Å². The van der Waals surface area contributed by atoms with Crippen molar-refractivity contribution in [1.82, 2.24) is 14.9 Å². The number of β-amino-alcohol motifs (C(OH)–C–C–N with tert-alkyl or cyclic N) is 1. The molecular weight excluding hydrogens is 398 g/mol. The van der Waals surface area contributed by atoms with Crippen molar-refractivity contribution in [3.8, 4) is 28.3 Å². The number of aryl methyl sites for hydroxylation is 1. The summed E-state index contributed by atoms with van der Waals surface area (Å²) in [5.41, 5.74) is 7.39. The number of rotatable bonds is 5. The van der Waals surface area contributed by atoms with Crippen LogP contribution in [0.5, 0.6) is 5.88 Å². The third kappa shape index (κ3) is 3.47. The number of halogens is 1. The molecule has 1 saturated heterocycles. The Morgan fingerprint density at radius 1 is 1.10 bits per heavy atom. The van der Waals surface area contributed by atoms with E-state index in [2.05, 4.69) is 34.1 Å². The Bertz CT molecular complexity index is 1100. The number of likely N-dealkylation sites (tertiary alicyclic amines) is 1. The molecule has 0 amide bonds. The van der Waals surface area contributed by atoms with Gasteiger partial charge in [-0.2, -0.15) is 0 Å². The molecule has 154 valence electrons. The van der Waals surface area contributed by atoms with Crippen LogP contribution < -0.4 is 4.74 Å². The quantitative estimate of drug-likeness (QED) is 0.671. The van der Waals surface area contributed by atoms with Crippen molar-refractivity contribution in [2.75, 3.05) is 20.2 Å². The molecule has 2 aliphatic rings. The highest BCUT2D eigenvalue weighted by molar-refractivity contribution is 6.36. The number of fused-ring (bicyclic) bond motifs is 1. The minimum Gasteiger partial charge on any atom is -0.480 e. The molecular formula is C24H24ClN3O2. The second kappa shape index (κ2) is 7.99. The summed E-state index contributed by atoms with van der Waals surface area (Å²) in [6.07, 6.45) is 4.94. The molecule has 1 aliphatic heterocycles. The molecule has 0 bridgehead atoms. The molecule has 3 aromatic rings. The number of nitrogens with zero attached hydrogens (tertiary/aromatic N) is 3. The van der Waals surface area contributed by atoms with E-state index in [9.17, 15) is 5.11 Å². The zero-order valence-electron chi connectivity index (χ0n) is 16.9. The van der Waals surface area contributed by atoms with E-state index >= 15 is 0 Å². The average molecular weight is 422 g/mol. The van der Waals surface area contributed by atoms with Gasteiger partial charge >= 0.3 is 0 Å². The fraction of sp³-hybridized carbons (Fsp3) is 0.333. The lowest BCUT2D eigenvalue weighted by Crippen LogP contribution is -2.50. The number of aliphatic hydroxyl groups is 1. The maximum atomic E-state index is 9.50. The SMILES string of the molecule is COc1nc(-c2cccc(-c3cccc4c3CCC4)c2Cl)cnc1CN1CC(O)C1. The van der Waals surface area contributed by atoms with E-state index in [0.29, 0.717) is 36.2 Å². The zero-order chi connectivity index (χ0) is 20.7. The fourth-order valence-electron chi connectivity index (χ4n) is 4.49. The van der Waals surface area contributed by atoms with Gasteiger partial charge in [0.15, 0.2) is 0 Å². The molecule has 0 atom stereocenters. The van der Waals surface area contributed by atoms with E-state index in [1.807, 2.05) is 12.1 Å². The minimum absolute atomic E-state index is 0.246. The van der Waals surface area contributed by atoms with Gasteiger partial charge in [0.05, 0.1) is 30.1 Å². The van der Waals surface area contributed by atoms with E-state index in [1.54, 1.807) is 13.3 Å². The van der Waals surface area contributed by atoms with Gasteiger partial charge in [0.1, 0.15) is 5.69 Å². The van der Waals surface area contributed by atoms with E-state index in [4.69, 9.17) is 21.3 Å². The van der Waals surface area contributed by atoms with Crippen LogP contribution in [0, 0.1) is 0 Å². The van der Waals surface area contributed by atoms with Crippen molar-refractivity contribution in [2.24, 2.45) is 0 Å². The highest BCUT2D eigenvalue weighted by Crippen LogP contribution is 2.40. The molecule has 2 aromatic carbocycles. The van der Waals surface area contributed by atoms with Gasteiger partial charge in [-0.3, -0.25) is 9.88 Å². The largest absolute Gasteiger partial charge is 0.480 e. The maximum absolute atomic E-state index is 9.50. The first-order valence-corrected chi connectivity index (χ1v) is 10.7. The topological polar surface area (TPSA) is 58.5 Å². The monoisotopic (exact) mass is 421 g/mol. The van der Waals surface area contributed by atoms with Gasteiger partial charge in [-0.25, -0.2) is 4.98 Å². The standard InChI is InChI=1S/C24H24ClN3O2/c1-30-24-22(14-28-12-16(29)13-28)26-11-21(27-24)20-10-4-9-19(23(20)25)18-8-3-6-15-5-2-7-17(15)18/h3-4,6,8-11,16,29H,2,5,7,12-14H2,1H3. The minimum atomic E-state index is -0.246. The third-order valence-corrected chi connectivity index (χ3v) is 6.43. The summed E-state index contributed by atoms with van der Waals surface area (Å²) >= 11 is 6.90. The van der Waals surface area contributed by atoms with Crippen molar-refractivity contribution in [1.29, 1.82) is 0 Å². The summed E-state index contributed by atoms with van der Waals surface area (Å²) < 4.78 is 5.51. The first kappa shape index (κ1) is 19.5. The van der Waals surface area contributed by atoms with Gasteiger partial charge in [0.2, 0.25) is 5.88 Å². The molecule has 1 aliphatic carbocycles.